The Balaban J connectivity index is 1.96. The van der Waals surface area contributed by atoms with Crippen LogP contribution in [0.5, 0.6) is 0 Å². The van der Waals surface area contributed by atoms with Crippen molar-refractivity contribution in [3.63, 3.8) is 0 Å². The Morgan fingerprint density at radius 1 is 0.941 bits per heavy atom. The maximum absolute atomic E-state index is 13.6. The summed E-state index contributed by atoms with van der Waals surface area (Å²) in [4.78, 5) is 13.3. The lowest BCUT2D eigenvalue weighted by molar-refractivity contribution is -0.120. The van der Waals surface area contributed by atoms with Gasteiger partial charge in [-0.15, -0.1) is 0 Å². The fourth-order valence-corrected chi connectivity index (χ4v) is 5.60. The lowest BCUT2D eigenvalue weighted by Gasteiger charge is -2.27. The van der Waals surface area contributed by atoms with Crippen LogP contribution in [0.15, 0.2) is 59.5 Å². The van der Waals surface area contributed by atoms with Gasteiger partial charge in [0.15, 0.2) is 0 Å². The molecule has 0 spiro atoms. The molecule has 5 nitrogen and oxygen atoms in total. The molecule has 0 bridgehead atoms. The Kier molecular flexibility index (Phi) is 7.74. The van der Waals surface area contributed by atoms with Crippen molar-refractivity contribution in [3.8, 4) is 0 Å². The average molecular weight is 499 g/mol. The molecule has 3 rings (SSSR count). The van der Waals surface area contributed by atoms with Gasteiger partial charge in [-0.05, 0) is 93.6 Å². The van der Waals surface area contributed by atoms with Crippen molar-refractivity contribution in [2.24, 2.45) is 0 Å². The molecule has 0 aliphatic carbocycles. The van der Waals surface area contributed by atoms with E-state index < -0.39 is 15.9 Å². The maximum atomic E-state index is 13.6. The third kappa shape index (κ3) is 5.45. The fourth-order valence-electron chi connectivity index (χ4n) is 3.95. The van der Waals surface area contributed by atoms with Crippen molar-refractivity contribution in [2.45, 2.75) is 52.5 Å². The molecule has 0 radical (unpaired) electrons. The molecule has 0 fully saturated rings. The quantitative estimate of drug-likeness (QED) is 0.437. The minimum Gasteiger partial charge on any atom is -0.348 e. The van der Waals surface area contributed by atoms with E-state index in [9.17, 15) is 13.2 Å². The lowest BCUT2D eigenvalue weighted by atomic mass is 9.96. The standard InChI is InChI=1S/C27H31ClN2O3S/c1-17-10-12-23(13-11-17)34(32,33)30(26-9-7-8-25(28)21(26)5)16-27(31)29-22(6)24-15-19(3)18(2)14-20(24)4/h7-15,22H,16H2,1-6H3,(H,29,31)/t22-/m0/s1. The van der Waals surface area contributed by atoms with Crippen LogP contribution in [0.4, 0.5) is 5.69 Å². The molecule has 3 aromatic carbocycles. The van der Waals surface area contributed by atoms with Crippen LogP contribution in [-0.4, -0.2) is 20.9 Å². The van der Waals surface area contributed by atoms with Gasteiger partial charge < -0.3 is 5.32 Å². The molecule has 0 heterocycles. The highest BCUT2D eigenvalue weighted by atomic mass is 35.5. The van der Waals surface area contributed by atoms with Crippen LogP contribution in [0.25, 0.3) is 0 Å². The van der Waals surface area contributed by atoms with Gasteiger partial charge in [0.2, 0.25) is 5.91 Å². The third-order valence-corrected chi connectivity index (χ3v) is 8.31. The molecular weight excluding hydrogens is 468 g/mol. The Hall–Kier alpha value is -2.83. The Labute approximate surface area is 207 Å². The fraction of sp³-hybridized carbons (Fsp3) is 0.296. The Morgan fingerprint density at radius 3 is 2.21 bits per heavy atom. The molecule has 34 heavy (non-hydrogen) atoms. The number of sulfonamides is 1. The molecule has 0 aromatic heterocycles. The van der Waals surface area contributed by atoms with Crippen LogP contribution < -0.4 is 9.62 Å². The number of nitrogens with zero attached hydrogens (tertiary/aromatic N) is 1. The van der Waals surface area contributed by atoms with Crippen LogP contribution in [0.1, 0.15) is 46.3 Å². The summed E-state index contributed by atoms with van der Waals surface area (Å²) in [6, 6.07) is 15.5. The lowest BCUT2D eigenvalue weighted by Crippen LogP contribution is -2.42. The van der Waals surface area contributed by atoms with E-state index >= 15 is 0 Å². The summed E-state index contributed by atoms with van der Waals surface area (Å²) in [7, 11) is -4.01. The van der Waals surface area contributed by atoms with Gasteiger partial charge in [0.25, 0.3) is 10.0 Å². The van der Waals surface area contributed by atoms with E-state index in [2.05, 4.69) is 24.4 Å². The van der Waals surface area contributed by atoms with Crippen LogP contribution in [0.3, 0.4) is 0 Å². The zero-order chi connectivity index (χ0) is 25.2. The molecule has 180 valence electrons. The average Bonchev–Trinajstić information content (AvgIpc) is 2.77. The number of aryl methyl sites for hydroxylation is 4. The van der Waals surface area contributed by atoms with E-state index in [0.29, 0.717) is 16.3 Å². The van der Waals surface area contributed by atoms with E-state index in [1.807, 2.05) is 27.7 Å². The molecule has 0 unspecified atom stereocenters. The molecular formula is C27H31ClN2O3S. The van der Waals surface area contributed by atoms with Gasteiger partial charge in [-0.3, -0.25) is 9.10 Å². The van der Waals surface area contributed by atoms with Gasteiger partial charge in [0, 0.05) is 5.02 Å². The number of rotatable bonds is 7. The van der Waals surface area contributed by atoms with Gasteiger partial charge in [-0.1, -0.05) is 47.5 Å². The second kappa shape index (κ2) is 10.2. The third-order valence-electron chi connectivity index (χ3n) is 6.13. The van der Waals surface area contributed by atoms with E-state index in [0.717, 1.165) is 26.6 Å². The van der Waals surface area contributed by atoms with Crippen LogP contribution in [-0.2, 0) is 14.8 Å². The second-order valence-corrected chi connectivity index (χ2v) is 11.1. The van der Waals surface area contributed by atoms with Gasteiger partial charge >= 0.3 is 0 Å². The highest BCUT2D eigenvalue weighted by Gasteiger charge is 2.29. The van der Waals surface area contributed by atoms with Gasteiger partial charge in [-0.2, -0.15) is 0 Å². The molecule has 0 saturated heterocycles. The largest absolute Gasteiger partial charge is 0.348 e. The number of carbonyl (C=O) groups excluding carboxylic acids is 1. The number of nitrogens with one attached hydrogen (secondary N) is 1. The molecule has 3 aromatic rings. The Morgan fingerprint density at radius 2 is 1.56 bits per heavy atom. The van der Waals surface area contributed by atoms with Crippen LogP contribution >= 0.6 is 11.6 Å². The first-order valence-electron chi connectivity index (χ1n) is 11.1. The maximum Gasteiger partial charge on any atom is 0.264 e. The predicted octanol–water partition coefficient (Wildman–Crippen LogP) is 5.95. The summed E-state index contributed by atoms with van der Waals surface area (Å²) in [6.45, 7) is 11.3. The van der Waals surface area contributed by atoms with Gasteiger partial charge in [-0.25, -0.2) is 8.42 Å². The normalized spacial score (nSPS) is 12.3. The summed E-state index contributed by atoms with van der Waals surface area (Å²) in [5, 5.41) is 3.40. The SMILES string of the molecule is Cc1ccc(S(=O)(=O)N(CC(=O)N[C@@H](C)c2cc(C)c(C)cc2C)c2cccc(Cl)c2C)cc1. The summed E-state index contributed by atoms with van der Waals surface area (Å²) in [6.07, 6.45) is 0. The number of hydrogen-bond donors (Lipinski definition) is 1. The highest BCUT2D eigenvalue weighted by molar-refractivity contribution is 7.92. The van der Waals surface area contributed by atoms with E-state index in [1.54, 1.807) is 49.4 Å². The summed E-state index contributed by atoms with van der Waals surface area (Å²) < 4.78 is 28.4. The van der Waals surface area contributed by atoms with E-state index in [4.69, 9.17) is 11.6 Å². The number of anilines is 1. The minimum absolute atomic E-state index is 0.114. The number of carbonyl (C=O) groups is 1. The predicted molar refractivity (Wildman–Crippen MR) is 139 cm³/mol. The van der Waals surface area contributed by atoms with Crippen molar-refractivity contribution < 1.29 is 13.2 Å². The van der Waals surface area contributed by atoms with Crippen LogP contribution in [0.2, 0.25) is 5.02 Å². The molecule has 1 N–H and O–H groups in total. The highest BCUT2D eigenvalue weighted by Crippen LogP contribution is 2.31. The van der Waals surface area contributed by atoms with Crippen LogP contribution in [0, 0.1) is 34.6 Å². The van der Waals surface area contributed by atoms with Gasteiger partial charge in [0.05, 0.1) is 16.6 Å². The van der Waals surface area contributed by atoms with Gasteiger partial charge in [0.1, 0.15) is 6.54 Å². The zero-order valence-electron chi connectivity index (χ0n) is 20.4. The van der Waals surface area contributed by atoms with Crippen molar-refractivity contribution in [1.29, 1.82) is 0 Å². The first kappa shape index (κ1) is 25.8. The molecule has 0 saturated carbocycles. The number of amides is 1. The topological polar surface area (TPSA) is 66.5 Å². The number of benzene rings is 3. The summed E-state index contributed by atoms with van der Waals surface area (Å²) >= 11 is 6.30. The first-order valence-corrected chi connectivity index (χ1v) is 12.9. The smallest absolute Gasteiger partial charge is 0.264 e. The Bertz CT molecular complexity index is 1320. The first-order chi connectivity index (χ1) is 15.9. The van der Waals surface area contributed by atoms with Crippen molar-refractivity contribution >= 4 is 33.2 Å². The van der Waals surface area contributed by atoms with Crippen molar-refractivity contribution in [2.75, 3.05) is 10.8 Å². The molecule has 0 aliphatic heterocycles. The minimum atomic E-state index is -4.01. The zero-order valence-corrected chi connectivity index (χ0v) is 22.0. The van der Waals surface area contributed by atoms with E-state index in [-0.39, 0.29) is 17.5 Å². The van der Waals surface area contributed by atoms with Crippen molar-refractivity contribution in [1.82, 2.24) is 5.32 Å². The molecule has 0 aliphatic rings. The number of halogens is 1. The molecule has 1 atom stereocenters. The second-order valence-electron chi connectivity index (χ2n) is 8.79. The molecule has 1 amide bonds. The summed E-state index contributed by atoms with van der Waals surface area (Å²) in [5.41, 5.74) is 6.31. The monoisotopic (exact) mass is 498 g/mol. The van der Waals surface area contributed by atoms with Crippen molar-refractivity contribution in [3.05, 3.63) is 93.0 Å². The van der Waals surface area contributed by atoms with E-state index in [1.165, 1.54) is 5.56 Å². The molecule has 7 heteroatoms. The number of hydrogen-bond acceptors (Lipinski definition) is 3. The summed E-state index contributed by atoms with van der Waals surface area (Å²) in [5.74, 6) is -0.403.